The smallest absolute Gasteiger partial charge is 0.225 e. The predicted octanol–water partition coefficient (Wildman–Crippen LogP) is 4.21. The van der Waals surface area contributed by atoms with Crippen LogP contribution < -0.4 is 35.6 Å². The zero-order valence-electron chi connectivity index (χ0n) is 24.8. The van der Waals surface area contributed by atoms with Gasteiger partial charge in [0.1, 0.15) is 0 Å². The van der Waals surface area contributed by atoms with Gasteiger partial charge in [-0.2, -0.15) is 5.10 Å². The summed E-state index contributed by atoms with van der Waals surface area (Å²) in [6, 6.07) is 8.59. The van der Waals surface area contributed by atoms with Gasteiger partial charge in [0.2, 0.25) is 23.0 Å². The number of carbonyl (C=O) groups excluding carboxylic acids is 2. The molecule has 0 fully saturated rings. The Hall–Kier alpha value is -4.54. The van der Waals surface area contributed by atoms with Gasteiger partial charge in [-0.15, -0.1) is 0 Å². The average molecular weight is 578 g/mol. The first-order chi connectivity index (χ1) is 20.2. The number of aromatic nitrogens is 2. The number of unbranched alkanes of at least 4 members (excludes halogenated alkanes) is 2. The molecule has 0 aliphatic heterocycles. The van der Waals surface area contributed by atoms with Crippen molar-refractivity contribution in [3.05, 3.63) is 57.9 Å². The maximum absolute atomic E-state index is 13.4. The summed E-state index contributed by atoms with van der Waals surface area (Å²) in [6.45, 7) is 2.05. The maximum atomic E-state index is 13.4. The summed E-state index contributed by atoms with van der Waals surface area (Å²) >= 11 is 0. The quantitative estimate of drug-likeness (QED) is 0.273. The van der Waals surface area contributed by atoms with Gasteiger partial charge in [-0.3, -0.25) is 19.1 Å². The second-order valence-electron chi connectivity index (χ2n) is 10.3. The van der Waals surface area contributed by atoms with Gasteiger partial charge in [0.05, 0.1) is 33.1 Å². The largest absolute Gasteiger partial charge is 0.493 e. The Bertz CT molecular complexity index is 1500. The van der Waals surface area contributed by atoms with Gasteiger partial charge in [-0.05, 0) is 60.6 Å². The number of fused-ring (bicyclic) bond motifs is 3. The van der Waals surface area contributed by atoms with Crippen LogP contribution in [0.4, 0.5) is 11.5 Å². The molecule has 1 aliphatic carbocycles. The molecule has 2 amide bonds. The first-order valence-corrected chi connectivity index (χ1v) is 14.1. The van der Waals surface area contributed by atoms with Crippen LogP contribution >= 0.6 is 0 Å². The summed E-state index contributed by atoms with van der Waals surface area (Å²) in [6.07, 6.45) is 5.74. The van der Waals surface area contributed by atoms with Crippen LogP contribution in [0.1, 0.15) is 56.2 Å². The van der Waals surface area contributed by atoms with Crippen LogP contribution in [-0.2, 0) is 23.1 Å². The normalized spacial score (nSPS) is 13.7. The van der Waals surface area contributed by atoms with Crippen molar-refractivity contribution < 1.29 is 23.8 Å². The zero-order chi connectivity index (χ0) is 30.2. The summed E-state index contributed by atoms with van der Waals surface area (Å²) in [5.74, 6) is 1.82. The standard InChI is InChI=1S/C31H39N5O6/c1-19(37)33-23-12-10-20-17-26(40-3)30(41-4)31(42-5)29(20)21-11-13-24(25(38)18-22(21)23)32-15-8-6-7-9-28(39)34-27-14-16-36(2)35-27/h11,13-14,16-18,23H,6-10,12,15H2,1-5H3,(H,32,38)(H,33,37)(H,34,35,39)/t23-/m0/s1. The van der Waals surface area contributed by atoms with E-state index in [0.29, 0.717) is 60.1 Å². The molecule has 1 aromatic heterocycles. The van der Waals surface area contributed by atoms with E-state index in [0.717, 1.165) is 36.0 Å². The van der Waals surface area contributed by atoms with Crippen molar-refractivity contribution in [3.8, 4) is 28.4 Å². The number of hydrogen-bond donors (Lipinski definition) is 3. The number of hydrogen-bond acceptors (Lipinski definition) is 8. The third-order valence-electron chi connectivity index (χ3n) is 7.29. The van der Waals surface area contributed by atoms with E-state index in [-0.39, 0.29) is 23.3 Å². The van der Waals surface area contributed by atoms with Crippen LogP contribution in [0, 0.1) is 0 Å². The Kier molecular flexibility index (Phi) is 10.1. The molecule has 0 radical (unpaired) electrons. The van der Waals surface area contributed by atoms with Crippen LogP contribution in [0.15, 0.2) is 41.3 Å². The number of methoxy groups -OCH3 is 3. The van der Waals surface area contributed by atoms with Crippen molar-refractivity contribution in [2.45, 2.75) is 51.5 Å². The summed E-state index contributed by atoms with van der Waals surface area (Å²) in [5, 5.41) is 13.2. The molecule has 224 valence electrons. The number of nitrogens with zero attached hydrogens (tertiary/aromatic N) is 2. The molecule has 4 rings (SSSR count). The lowest BCUT2D eigenvalue weighted by Crippen LogP contribution is -2.26. The van der Waals surface area contributed by atoms with Crippen LogP contribution in [0.2, 0.25) is 0 Å². The number of rotatable bonds is 12. The van der Waals surface area contributed by atoms with Crippen molar-refractivity contribution >= 4 is 23.3 Å². The van der Waals surface area contributed by atoms with Gasteiger partial charge in [-0.25, -0.2) is 0 Å². The SMILES string of the molecule is COc1cc2c(c(OC)c1OC)-c1ccc(NCCCCCC(=O)Nc3ccn(C)n3)c(=O)cc1[C@@H](NC(C)=O)CC2. The molecule has 11 heteroatoms. The van der Waals surface area contributed by atoms with Gasteiger partial charge >= 0.3 is 0 Å². The number of aryl methyl sites for hydroxylation is 2. The summed E-state index contributed by atoms with van der Waals surface area (Å²) in [5.41, 5.74) is 3.56. The lowest BCUT2D eigenvalue weighted by atomic mass is 9.95. The van der Waals surface area contributed by atoms with E-state index in [1.54, 1.807) is 57.5 Å². The molecule has 42 heavy (non-hydrogen) atoms. The number of nitrogens with one attached hydrogen (secondary N) is 3. The number of ether oxygens (including phenoxy) is 3. The summed E-state index contributed by atoms with van der Waals surface area (Å²) in [4.78, 5) is 37.7. The van der Waals surface area contributed by atoms with Crippen molar-refractivity contribution in [2.24, 2.45) is 7.05 Å². The fourth-order valence-corrected chi connectivity index (χ4v) is 5.35. The molecule has 0 bridgehead atoms. The number of anilines is 2. The third-order valence-corrected chi connectivity index (χ3v) is 7.29. The van der Waals surface area contributed by atoms with Crippen LogP contribution in [-0.4, -0.2) is 49.5 Å². The molecular formula is C31H39N5O6. The van der Waals surface area contributed by atoms with E-state index in [1.165, 1.54) is 6.92 Å². The molecule has 3 N–H and O–H groups in total. The van der Waals surface area contributed by atoms with Crippen LogP contribution in [0.3, 0.4) is 0 Å². The van der Waals surface area contributed by atoms with Gasteiger partial charge in [0.15, 0.2) is 17.3 Å². The molecule has 0 unspecified atom stereocenters. The molecular weight excluding hydrogens is 538 g/mol. The fourth-order valence-electron chi connectivity index (χ4n) is 5.35. The van der Waals surface area contributed by atoms with Gasteiger partial charge in [-0.1, -0.05) is 12.5 Å². The molecule has 1 atom stereocenters. The zero-order valence-corrected chi connectivity index (χ0v) is 24.8. The minimum Gasteiger partial charge on any atom is -0.493 e. The Balaban J connectivity index is 1.53. The lowest BCUT2D eigenvalue weighted by Gasteiger charge is -2.19. The van der Waals surface area contributed by atoms with E-state index in [2.05, 4.69) is 21.0 Å². The highest BCUT2D eigenvalue weighted by Gasteiger charge is 2.29. The Morgan fingerprint density at radius 3 is 2.48 bits per heavy atom. The van der Waals surface area contributed by atoms with Gasteiger partial charge < -0.3 is 30.2 Å². The van der Waals surface area contributed by atoms with Crippen molar-refractivity contribution in [1.82, 2.24) is 15.1 Å². The predicted molar refractivity (Wildman–Crippen MR) is 161 cm³/mol. The minimum atomic E-state index is -0.364. The van der Waals surface area contributed by atoms with E-state index in [1.807, 2.05) is 12.1 Å². The first-order valence-electron chi connectivity index (χ1n) is 14.1. The molecule has 2 aromatic carbocycles. The molecule has 3 aromatic rings. The highest BCUT2D eigenvalue weighted by atomic mass is 16.5. The van der Waals surface area contributed by atoms with Crippen molar-refractivity contribution in [3.63, 3.8) is 0 Å². The molecule has 1 aliphatic rings. The van der Waals surface area contributed by atoms with Crippen molar-refractivity contribution in [1.29, 1.82) is 0 Å². The van der Waals surface area contributed by atoms with Crippen LogP contribution in [0.5, 0.6) is 17.2 Å². The minimum absolute atomic E-state index is 0.0706. The molecule has 0 saturated carbocycles. The monoisotopic (exact) mass is 577 g/mol. The first kappa shape index (κ1) is 30.4. The number of carbonyl (C=O) groups is 2. The van der Waals surface area contributed by atoms with E-state index >= 15 is 0 Å². The van der Waals surface area contributed by atoms with Gasteiger partial charge in [0, 0.05) is 44.8 Å². The topological polar surface area (TPSA) is 133 Å². The number of benzene rings is 1. The maximum Gasteiger partial charge on any atom is 0.225 e. The summed E-state index contributed by atoms with van der Waals surface area (Å²) < 4.78 is 18.7. The molecule has 0 spiro atoms. The Labute approximate surface area is 245 Å². The highest BCUT2D eigenvalue weighted by molar-refractivity contribution is 5.89. The number of amides is 2. The van der Waals surface area contributed by atoms with E-state index in [4.69, 9.17) is 14.2 Å². The van der Waals surface area contributed by atoms with E-state index in [9.17, 15) is 14.4 Å². The summed E-state index contributed by atoms with van der Waals surface area (Å²) in [7, 11) is 6.50. The lowest BCUT2D eigenvalue weighted by molar-refractivity contribution is -0.119. The molecule has 0 saturated heterocycles. The molecule has 11 nitrogen and oxygen atoms in total. The second kappa shape index (κ2) is 13.9. The highest BCUT2D eigenvalue weighted by Crippen LogP contribution is 2.50. The van der Waals surface area contributed by atoms with E-state index < -0.39 is 0 Å². The Morgan fingerprint density at radius 1 is 1.02 bits per heavy atom. The molecule has 1 heterocycles. The second-order valence-corrected chi connectivity index (χ2v) is 10.3. The Morgan fingerprint density at radius 2 is 1.81 bits per heavy atom. The average Bonchev–Trinajstić information content (AvgIpc) is 3.22. The fraction of sp³-hybridized carbons (Fsp3) is 0.419. The van der Waals surface area contributed by atoms with Crippen LogP contribution in [0.25, 0.3) is 11.1 Å². The third kappa shape index (κ3) is 7.02. The van der Waals surface area contributed by atoms with Crippen molar-refractivity contribution in [2.75, 3.05) is 38.5 Å². The van der Waals surface area contributed by atoms with Gasteiger partial charge in [0.25, 0.3) is 0 Å².